The molecule has 1 aliphatic rings. The van der Waals surface area contributed by atoms with Gasteiger partial charge in [-0.05, 0) is 11.3 Å². The van der Waals surface area contributed by atoms with E-state index >= 15 is 0 Å². The molecule has 5 N–H and O–H groups in total. The van der Waals surface area contributed by atoms with Crippen LogP contribution < -0.4 is 11.5 Å². The van der Waals surface area contributed by atoms with Crippen LogP contribution in [0.15, 0.2) is 28.0 Å². The molecule has 0 saturated carbocycles. The summed E-state index contributed by atoms with van der Waals surface area (Å²) in [6, 6.07) is 0. The SMILES string of the molecule is Nc1n[nH]c(C2=CC=C(N=O)C=NC2)c1N. The summed E-state index contributed by atoms with van der Waals surface area (Å²) in [5.74, 6) is 0.252. The lowest BCUT2D eigenvalue weighted by molar-refractivity contribution is 1.07. The fraction of sp³-hybridized carbons (Fsp3) is 0.111. The van der Waals surface area contributed by atoms with Crippen LogP contribution in [0.4, 0.5) is 11.5 Å². The number of aromatic nitrogens is 2. The Kier molecular flexibility index (Phi) is 2.50. The van der Waals surface area contributed by atoms with Gasteiger partial charge in [-0.15, -0.1) is 4.91 Å². The number of nitrogens with one attached hydrogen (secondary N) is 1. The van der Waals surface area contributed by atoms with Gasteiger partial charge < -0.3 is 11.5 Å². The molecule has 0 spiro atoms. The van der Waals surface area contributed by atoms with Gasteiger partial charge in [-0.3, -0.25) is 10.1 Å². The molecule has 0 aliphatic carbocycles. The van der Waals surface area contributed by atoms with E-state index < -0.39 is 0 Å². The molecule has 0 aromatic carbocycles. The molecule has 0 fully saturated rings. The van der Waals surface area contributed by atoms with E-state index in [4.69, 9.17) is 11.5 Å². The minimum Gasteiger partial charge on any atom is -0.394 e. The van der Waals surface area contributed by atoms with Crippen LogP contribution in [0.2, 0.25) is 0 Å². The van der Waals surface area contributed by atoms with Crippen molar-refractivity contribution in [1.29, 1.82) is 0 Å². The van der Waals surface area contributed by atoms with Crippen LogP contribution in [0, 0.1) is 4.91 Å². The topological polar surface area (TPSA) is 123 Å². The molecule has 82 valence electrons. The molecule has 1 aromatic heterocycles. The van der Waals surface area contributed by atoms with Gasteiger partial charge >= 0.3 is 0 Å². The van der Waals surface area contributed by atoms with Gasteiger partial charge in [0.1, 0.15) is 11.4 Å². The van der Waals surface area contributed by atoms with Gasteiger partial charge in [0, 0.05) is 5.57 Å². The number of nitrogens with zero attached hydrogens (tertiary/aromatic N) is 3. The monoisotopic (exact) mass is 218 g/mol. The summed E-state index contributed by atoms with van der Waals surface area (Å²) in [4.78, 5) is 14.4. The largest absolute Gasteiger partial charge is 0.394 e. The third-order valence-corrected chi connectivity index (χ3v) is 2.20. The second-order valence-corrected chi connectivity index (χ2v) is 3.24. The number of nitrogen functional groups attached to an aromatic ring is 2. The normalized spacial score (nSPS) is 15.2. The van der Waals surface area contributed by atoms with Crippen molar-refractivity contribution in [2.24, 2.45) is 10.2 Å². The lowest BCUT2D eigenvalue weighted by atomic mass is 10.1. The van der Waals surface area contributed by atoms with Crippen LogP contribution in [0.1, 0.15) is 5.69 Å². The van der Waals surface area contributed by atoms with E-state index in [1.165, 1.54) is 6.21 Å². The van der Waals surface area contributed by atoms with E-state index in [2.05, 4.69) is 20.4 Å². The number of allylic oxidation sites excluding steroid dienone is 3. The summed E-state index contributed by atoms with van der Waals surface area (Å²) in [7, 11) is 0. The summed E-state index contributed by atoms with van der Waals surface area (Å²) in [6.07, 6.45) is 4.69. The molecule has 16 heavy (non-hydrogen) atoms. The number of nitroso groups, excluding NO2 is 1. The molecule has 0 bridgehead atoms. The highest BCUT2D eigenvalue weighted by Gasteiger charge is 2.12. The molecule has 1 aromatic rings. The van der Waals surface area contributed by atoms with Crippen LogP contribution in [0.5, 0.6) is 0 Å². The second kappa shape index (κ2) is 3.97. The van der Waals surface area contributed by atoms with Crippen molar-refractivity contribution in [1.82, 2.24) is 10.2 Å². The van der Waals surface area contributed by atoms with E-state index in [-0.39, 0.29) is 11.5 Å². The van der Waals surface area contributed by atoms with Crippen molar-refractivity contribution in [2.75, 3.05) is 18.0 Å². The highest BCUT2D eigenvalue weighted by molar-refractivity contribution is 5.85. The number of anilines is 2. The van der Waals surface area contributed by atoms with E-state index in [9.17, 15) is 4.91 Å². The predicted octanol–water partition coefficient (Wildman–Crippen LogP) is 0.692. The summed E-state index contributed by atoms with van der Waals surface area (Å²) in [5, 5.41) is 9.31. The molecule has 7 heteroatoms. The highest BCUT2D eigenvalue weighted by Crippen LogP contribution is 2.24. The summed E-state index contributed by atoms with van der Waals surface area (Å²) in [6.45, 7) is 0.390. The summed E-state index contributed by atoms with van der Waals surface area (Å²) in [5.41, 5.74) is 13.3. The van der Waals surface area contributed by atoms with E-state index in [0.29, 0.717) is 17.9 Å². The zero-order valence-corrected chi connectivity index (χ0v) is 8.34. The van der Waals surface area contributed by atoms with E-state index in [0.717, 1.165) is 5.57 Å². The quantitative estimate of drug-likeness (QED) is 0.632. The van der Waals surface area contributed by atoms with Crippen LogP contribution in [0.25, 0.3) is 5.57 Å². The summed E-state index contributed by atoms with van der Waals surface area (Å²) < 4.78 is 0. The predicted molar refractivity (Wildman–Crippen MR) is 62.6 cm³/mol. The molecule has 0 amide bonds. The smallest absolute Gasteiger partial charge is 0.169 e. The lowest BCUT2D eigenvalue weighted by Crippen LogP contribution is -1.96. The van der Waals surface area contributed by atoms with Gasteiger partial charge in [0.25, 0.3) is 0 Å². The minimum atomic E-state index is 0.252. The van der Waals surface area contributed by atoms with Crippen LogP contribution in [0.3, 0.4) is 0 Å². The number of rotatable bonds is 2. The van der Waals surface area contributed by atoms with Crippen LogP contribution in [-0.2, 0) is 0 Å². The Morgan fingerprint density at radius 2 is 2.19 bits per heavy atom. The molecule has 0 atom stereocenters. The fourth-order valence-electron chi connectivity index (χ4n) is 1.35. The maximum Gasteiger partial charge on any atom is 0.169 e. The molecule has 0 radical (unpaired) electrons. The standard InChI is InChI=1S/C9H10N6O/c10-7-8(13-14-9(7)11)5-1-2-6(15-16)4-12-3-5/h1-2,4H,3,10H2,(H3,11,13,14). The van der Waals surface area contributed by atoms with Crippen molar-refractivity contribution in [3.8, 4) is 0 Å². The number of hydrogen-bond donors (Lipinski definition) is 3. The van der Waals surface area contributed by atoms with Crippen LogP contribution in [-0.4, -0.2) is 23.0 Å². The Morgan fingerprint density at radius 1 is 1.38 bits per heavy atom. The lowest BCUT2D eigenvalue weighted by Gasteiger charge is -2.00. The number of aromatic amines is 1. The molecular weight excluding hydrogens is 208 g/mol. The van der Waals surface area contributed by atoms with Gasteiger partial charge in [0.2, 0.25) is 0 Å². The summed E-state index contributed by atoms with van der Waals surface area (Å²) >= 11 is 0. The van der Waals surface area contributed by atoms with Crippen molar-refractivity contribution in [3.05, 3.63) is 28.5 Å². The molecule has 2 heterocycles. The van der Waals surface area contributed by atoms with E-state index in [1.54, 1.807) is 12.2 Å². The Bertz CT molecular complexity index is 510. The van der Waals surface area contributed by atoms with Gasteiger partial charge in [-0.1, -0.05) is 6.08 Å². The van der Waals surface area contributed by atoms with E-state index in [1.807, 2.05) is 0 Å². The average Bonchev–Trinajstić information content (AvgIpc) is 2.55. The second-order valence-electron chi connectivity index (χ2n) is 3.24. The van der Waals surface area contributed by atoms with Crippen molar-refractivity contribution in [3.63, 3.8) is 0 Å². The van der Waals surface area contributed by atoms with Crippen molar-refractivity contribution < 1.29 is 0 Å². The van der Waals surface area contributed by atoms with Crippen LogP contribution >= 0.6 is 0 Å². The zero-order valence-electron chi connectivity index (χ0n) is 8.34. The Balaban J connectivity index is 2.39. The first-order chi connectivity index (χ1) is 7.72. The molecule has 0 saturated heterocycles. The first-order valence-corrected chi connectivity index (χ1v) is 4.56. The van der Waals surface area contributed by atoms with Gasteiger partial charge in [0.15, 0.2) is 5.82 Å². The molecule has 2 rings (SSSR count). The number of hydrogen-bond acceptors (Lipinski definition) is 6. The first-order valence-electron chi connectivity index (χ1n) is 4.56. The number of nitrogens with two attached hydrogens (primary N) is 2. The molecule has 1 aliphatic heterocycles. The fourth-order valence-corrected chi connectivity index (χ4v) is 1.35. The molecule has 7 nitrogen and oxygen atoms in total. The maximum absolute atomic E-state index is 10.3. The minimum absolute atomic E-state index is 0.252. The van der Waals surface area contributed by atoms with Gasteiger partial charge in [-0.25, -0.2) is 0 Å². The third-order valence-electron chi connectivity index (χ3n) is 2.20. The van der Waals surface area contributed by atoms with Crippen molar-refractivity contribution >= 4 is 23.3 Å². The maximum atomic E-state index is 10.3. The zero-order chi connectivity index (χ0) is 11.5. The number of aliphatic imine (C=N–C) groups is 1. The molecule has 0 unspecified atom stereocenters. The Hall–Kier alpha value is -2.44. The average molecular weight is 218 g/mol. The Morgan fingerprint density at radius 3 is 2.81 bits per heavy atom. The Labute approximate surface area is 90.9 Å². The molecular formula is C9H10N6O. The van der Waals surface area contributed by atoms with Crippen molar-refractivity contribution in [2.45, 2.75) is 0 Å². The van der Waals surface area contributed by atoms with Gasteiger partial charge in [-0.2, -0.15) is 5.10 Å². The number of H-pyrrole nitrogens is 1. The van der Waals surface area contributed by atoms with Gasteiger partial charge in [0.05, 0.1) is 18.5 Å². The third kappa shape index (κ3) is 1.70. The first kappa shape index (κ1) is 10.1. The highest BCUT2D eigenvalue weighted by atomic mass is 16.3.